The molecule has 0 amide bonds. The highest BCUT2D eigenvalue weighted by atomic mass is 15.3. The molecule has 0 N–H and O–H groups in total. The highest BCUT2D eigenvalue weighted by molar-refractivity contribution is 6.06. The number of imidazole rings is 4. The van der Waals surface area contributed by atoms with E-state index in [2.05, 4.69) is 116 Å². The Morgan fingerprint density at radius 1 is 0.378 bits per heavy atom. The minimum absolute atomic E-state index is 0.890. The van der Waals surface area contributed by atoms with Gasteiger partial charge in [-0.15, -0.1) is 0 Å². The van der Waals surface area contributed by atoms with E-state index in [1.807, 2.05) is 12.1 Å². The van der Waals surface area contributed by atoms with Gasteiger partial charge in [0.25, 0.3) is 0 Å². The third-order valence-corrected chi connectivity index (χ3v) is 7.56. The highest BCUT2D eigenvalue weighted by Gasteiger charge is 2.24. The molecule has 0 aliphatic heterocycles. The third kappa shape index (κ3) is 2.43. The Morgan fingerprint density at radius 2 is 0.892 bits per heavy atom. The van der Waals surface area contributed by atoms with Crippen LogP contribution in [-0.4, -0.2) is 23.2 Å². The van der Waals surface area contributed by atoms with Crippen LogP contribution in [0.2, 0.25) is 0 Å². The fourth-order valence-electron chi connectivity index (χ4n) is 5.94. The Balaban J connectivity index is 1.46. The molecule has 5 heteroatoms. The summed E-state index contributed by atoms with van der Waals surface area (Å²) in [5, 5.41) is 0. The van der Waals surface area contributed by atoms with E-state index < -0.39 is 0 Å². The average molecular weight is 474 g/mol. The van der Waals surface area contributed by atoms with Crippen molar-refractivity contribution in [1.82, 2.24) is 23.2 Å². The molecule has 0 saturated carbocycles. The third-order valence-electron chi connectivity index (χ3n) is 7.56. The first-order valence-corrected chi connectivity index (χ1v) is 12.4. The molecule has 0 aliphatic carbocycles. The van der Waals surface area contributed by atoms with Crippen molar-refractivity contribution in [2.45, 2.75) is 0 Å². The zero-order valence-electron chi connectivity index (χ0n) is 19.7. The molecule has 4 aromatic heterocycles. The van der Waals surface area contributed by atoms with Gasteiger partial charge in [-0.2, -0.15) is 0 Å². The standard InChI is InChI=1S/C32H19N5/c1-2-9-20(10-3-1)21-11-8-12-22(17-21)23-18-28-30-29(19-23)36-27-16-7-5-14-25(27)34-32(36)37(30)31-33-24-13-4-6-15-26(24)35(28)31/h1-19H. The molecule has 0 aliphatic rings. The topological polar surface area (TPSA) is 39.0 Å². The summed E-state index contributed by atoms with van der Waals surface area (Å²) in [4.78, 5) is 10.1. The van der Waals surface area contributed by atoms with Crippen molar-refractivity contribution < 1.29 is 0 Å². The van der Waals surface area contributed by atoms with Crippen molar-refractivity contribution in [1.29, 1.82) is 0 Å². The van der Waals surface area contributed by atoms with Crippen LogP contribution in [-0.2, 0) is 0 Å². The maximum Gasteiger partial charge on any atom is 0.223 e. The molecule has 0 bridgehead atoms. The highest BCUT2D eigenvalue weighted by Crippen LogP contribution is 2.38. The number of hydrogen-bond acceptors (Lipinski definition) is 2. The van der Waals surface area contributed by atoms with Gasteiger partial charge in [0.2, 0.25) is 11.6 Å². The maximum absolute atomic E-state index is 5.05. The van der Waals surface area contributed by atoms with Gasteiger partial charge >= 0.3 is 0 Å². The molecular weight excluding hydrogens is 454 g/mol. The lowest BCUT2D eigenvalue weighted by Gasteiger charge is -2.08. The van der Waals surface area contributed by atoms with E-state index in [9.17, 15) is 0 Å². The number of para-hydroxylation sites is 4. The lowest BCUT2D eigenvalue weighted by Crippen LogP contribution is -1.88. The zero-order chi connectivity index (χ0) is 24.1. The van der Waals surface area contributed by atoms with Gasteiger partial charge in [0.05, 0.1) is 33.1 Å². The molecule has 172 valence electrons. The van der Waals surface area contributed by atoms with Crippen LogP contribution in [0.15, 0.2) is 115 Å². The molecule has 0 unspecified atom stereocenters. The van der Waals surface area contributed by atoms with Crippen LogP contribution in [0.4, 0.5) is 0 Å². The molecule has 9 rings (SSSR count). The number of benzene rings is 5. The monoisotopic (exact) mass is 473 g/mol. The molecular formula is C32H19N5. The fraction of sp³-hybridized carbons (Fsp3) is 0. The van der Waals surface area contributed by atoms with Gasteiger partial charge in [-0.3, -0.25) is 8.80 Å². The average Bonchev–Trinajstić information content (AvgIpc) is 3.68. The van der Waals surface area contributed by atoms with Crippen molar-refractivity contribution in [3.05, 3.63) is 115 Å². The first kappa shape index (κ1) is 19.1. The van der Waals surface area contributed by atoms with E-state index in [0.717, 1.165) is 50.2 Å². The van der Waals surface area contributed by atoms with E-state index in [4.69, 9.17) is 9.97 Å². The van der Waals surface area contributed by atoms with Gasteiger partial charge in [0.1, 0.15) is 5.52 Å². The summed E-state index contributed by atoms with van der Waals surface area (Å²) < 4.78 is 6.78. The summed E-state index contributed by atoms with van der Waals surface area (Å²) in [5.74, 6) is 1.78. The SMILES string of the molecule is c1ccc(-c2cccc(-c3cc4c5c(c3)n3c6ccccc6nc3n5c3nc5ccccc5n43)c2)cc1. The largest absolute Gasteiger partial charge is 0.276 e. The lowest BCUT2D eigenvalue weighted by atomic mass is 9.98. The number of aromatic nitrogens is 5. The van der Waals surface area contributed by atoms with Gasteiger partial charge in [0.15, 0.2) is 0 Å². The second kappa shape index (κ2) is 6.74. The minimum Gasteiger partial charge on any atom is -0.276 e. The zero-order valence-corrected chi connectivity index (χ0v) is 19.7. The molecule has 5 nitrogen and oxygen atoms in total. The van der Waals surface area contributed by atoms with E-state index in [1.54, 1.807) is 0 Å². The van der Waals surface area contributed by atoms with Crippen LogP contribution in [0.5, 0.6) is 0 Å². The summed E-state index contributed by atoms with van der Waals surface area (Å²) in [6, 6.07) is 40.6. The molecule has 9 aromatic rings. The van der Waals surface area contributed by atoms with E-state index >= 15 is 0 Å². The molecule has 5 aromatic carbocycles. The maximum atomic E-state index is 5.05. The van der Waals surface area contributed by atoms with Gasteiger partial charge in [-0.1, -0.05) is 72.8 Å². The van der Waals surface area contributed by atoms with Crippen molar-refractivity contribution in [2.75, 3.05) is 0 Å². The van der Waals surface area contributed by atoms with Gasteiger partial charge in [-0.05, 0) is 64.7 Å². The Hall–Kier alpha value is -5.16. The van der Waals surface area contributed by atoms with Crippen LogP contribution in [0, 0.1) is 0 Å². The summed E-state index contributed by atoms with van der Waals surface area (Å²) in [6.45, 7) is 0. The Labute approximate surface area is 210 Å². The predicted octanol–water partition coefficient (Wildman–Crippen LogP) is 7.47. The molecule has 0 atom stereocenters. The summed E-state index contributed by atoms with van der Waals surface area (Å²) >= 11 is 0. The van der Waals surface area contributed by atoms with Crippen molar-refractivity contribution in [3.8, 4) is 22.3 Å². The summed E-state index contributed by atoms with van der Waals surface area (Å²) in [6.07, 6.45) is 0. The summed E-state index contributed by atoms with van der Waals surface area (Å²) in [7, 11) is 0. The second-order valence-electron chi connectivity index (χ2n) is 9.62. The fourth-order valence-corrected chi connectivity index (χ4v) is 5.94. The first-order valence-electron chi connectivity index (χ1n) is 12.4. The van der Waals surface area contributed by atoms with Gasteiger partial charge in [-0.25, -0.2) is 14.4 Å². The molecule has 37 heavy (non-hydrogen) atoms. The van der Waals surface area contributed by atoms with Crippen LogP contribution in [0.1, 0.15) is 0 Å². The van der Waals surface area contributed by atoms with Gasteiger partial charge in [0, 0.05) is 0 Å². The second-order valence-corrected chi connectivity index (χ2v) is 9.62. The van der Waals surface area contributed by atoms with Crippen LogP contribution in [0.3, 0.4) is 0 Å². The Morgan fingerprint density at radius 3 is 1.51 bits per heavy atom. The van der Waals surface area contributed by atoms with Crippen molar-refractivity contribution in [2.24, 2.45) is 0 Å². The molecule has 0 radical (unpaired) electrons. The molecule has 0 spiro atoms. The van der Waals surface area contributed by atoms with Crippen molar-refractivity contribution in [3.63, 3.8) is 0 Å². The quantitative estimate of drug-likeness (QED) is 0.261. The first-order chi connectivity index (χ1) is 18.3. The number of rotatable bonds is 2. The van der Waals surface area contributed by atoms with Crippen LogP contribution in [0.25, 0.3) is 72.4 Å². The van der Waals surface area contributed by atoms with Gasteiger partial charge < -0.3 is 0 Å². The normalized spacial score (nSPS) is 12.3. The smallest absolute Gasteiger partial charge is 0.223 e. The molecule has 0 fully saturated rings. The molecule has 4 heterocycles. The minimum atomic E-state index is 0.890. The van der Waals surface area contributed by atoms with Crippen LogP contribution < -0.4 is 0 Å². The summed E-state index contributed by atoms with van der Waals surface area (Å²) in [5.41, 5.74) is 12.4. The lowest BCUT2D eigenvalue weighted by molar-refractivity contribution is 1.15. The number of fused-ring (bicyclic) bond motifs is 10. The number of hydrogen-bond donors (Lipinski definition) is 0. The van der Waals surface area contributed by atoms with E-state index in [-0.39, 0.29) is 0 Å². The predicted molar refractivity (Wildman–Crippen MR) is 149 cm³/mol. The van der Waals surface area contributed by atoms with Crippen molar-refractivity contribution >= 4 is 50.2 Å². The number of nitrogens with zero attached hydrogens (tertiary/aromatic N) is 5. The van der Waals surface area contributed by atoms with Crippen LogP contribution >= 0.6 is 0 Å². The van der Waals surface area contributed by atoms with E-state index in [1.165, 1.54) is 22.3 Å². The Kier molecular flexibility index (Phi) is 3.47. The molecule has 0 saturated heterocycles. The van der Waals surface area contributed by atoms with E-state index in [0.29, 0.717) is 0 Å². The Bertz CT molecular complexity index is 2180.